The molecule has 8 rings (SSSR count). The minimum Gasteiger partial charge on any atom is -0.209 e. The van der Waals surface area contributed by atoms with E-state index in [-0.39, 0.29) is 0 Å². The lowest BCUT2D eigenvalue weighted by Gasteiger charge is -2.18. The van der Waals surface area contributed by atoms with Crippen molar-refractivity contribution < 1.29 is 0 Å². The van der Waals surface area contributed by atoms with Crippen LogP contribution in [0.1, 0.15) is 49.1 Å². The van der Waals surface area contributed by atoms with E-state index >= 15 is 0 Å². The number of thioether (sulfide) groups is 1. The van der Waals surface area contributed by atoms with Crippen LogP contribution in [0.3, 0.4) is 0 Å². The third kappa shape index (κ3) is 5.06. The third-order valence-electron chi connectivity index (χ3n) is 8.55. The number of aromatic nitrogens is 3. The van der Waals surface area contributed by atoms with Gasteiger partial charge in [0.05, 0.1) is 0 Å². The minimum absolute atomic E-state index is 0.470. The van der Waals surface area contributed by atoms with Gasteiger partial charge in [-0.3, -0.25) is 0 Å². The summed E-state index contributed by atoms with van der Waals surface area (Å²) in [6.45, 7) is 0. The van der Waals surface area contributed by atoms with Gasteiger partial charge in [-0.25, -0.2) is 15.0 Å². The highest BCUT2D eigenvalue weighted by Crippen LogP contribution is 2.52. The van der Waals surface area contributed by atoms with Gasteiger partial charge in [0, 0.05) is 21.3 Å². The lowest BCUT2D eigenvalue weighted by molar-refractivity contribution is 0.977. The Morgan fingerprint density at radius 2 is 1.28 bits per heavy atom. The Kier molecular flexibility index (Phi) is 6.85. The van der Waals surface area contributed by atoms with E-state index in [4.69, 9.17) is 15.0 Å². The average molecular weight is 574 g/mol. The smallest absolute Gasteiger partial charge is 0.164 e. The van der Waals surface area contributed by atoms with Crippen molar-refractivity contribution in [2.75, 3.05) is 0 Å². The minimum atomic E-state index is 0.470. The van der Waals surface area contributed by atoms with Crippen LogP contribution in [0, 0.1) is 0 Å². The molecule has 3 aliphatic carbocycles. The van der Waals surface area contributed by atoms with E-state index in [0.717, 1.165) is 66.0 Å². The Bertz CT molecular complexity index is 1920. The second kappa shape index (κ2) is 11.3. The largest absolute Gasteiger partial charge is 0.209 e. The van der Waals surface area contributed by atoms with Crippen molar-refractivity contribution in [3.05, 3.63) is 138 Å². The van der Waals surface area contributed by atoms with Crippen LogP contribution >= 0.6 is 11.8 Å². The predicted octanol–water partition coefficient (Wildman–Crippen LogP) is 10.2. The van der Waals surface area contributed by atoms with Crippen LogP contribution in [0.2, 0.25) is 0 Å². The summed E-state index contributed by atoms with van der Waals surface area (Å²) < 4.78 is 0. The number of benzene rings is 3. The van der Waals surface area contributed by atoms with Crippen LogP contribution in [-0.4, -0.2) is 20.2 Å². The zero-order chi connectivity index (χ0) is 28.6. The van der Waals surface area contributed by atoms with Gasteiger partial charge < -0.3 is 0 Å². The van der Waals surface area contributed by atoms with Gasteiger partial charge in [0.1, 0.15) is 0 Å². The van der Waals surface area contributed by atoms with E-state index in [9.17, 15) is 0 Å². The van der Waals surface area contributed by atoms with Gasteiger partial charge in [0.15, 0.2) is 17.5 Å². The van der Waals surface area contributed by atoms with Crippen molar-refractivity contribution >= 4 is 28.5 Å². The molecule has 4 aromatic rings. The molecule has 3 aromatic carbocycles. The van der Waals surface area contributed by atoms with Crippen LogP contribution in [0.25, 0.3) is 50.6 Å². The first kappa shape index (κ1) is 26.1. The Morgan fingerprint density at radius 1 is 0.581 bits per heavy atom. The molecule has 0 N–H and O–H groups in total. The number of hydrogen-bond acceptors (Lipinski definition) is 4. The summed E-state index contributed by atoms with van der Waals surface area (Å²) in [7, 11) is 0. The summed E-state index contributed by atoms with van der Waals surface area (Å²) in [6, 6.07) is 23.7. The number of fused-ring (bicyclic) bond motifs is 3. The molecular weight excluding hydrogens is 543 g/mol. The zero-order valence-corrected chi connectivity index (χ0v) is 24.7. The molecule has 0 spiro atoms. The molecule has 43 heavy (non-hydrogen) atoms. The zero-order valence-electron chi connectivity index (χ0n) is 23.9. The van der Waals surface area contributed by atoms with Crippen molar-refractivity contribution in [3.8, 4) is 33.9 Å². The maximum atomic E-state index is 5.17. The molecule has 4 aliphatic rings. The van der Waals surface area contributed by atoms with Gasteiger partial charge in [-0.2, -0.15) is 0 Å². The fourth-order valence-electron chi connectivity index (χ4n) is 6.37. The second-order valence-electron chi connectivity index (χ2n) is 11.4. The van der Waals surface area contributed by atoms with Crippen LogP contribution in [0.4, 0.5) is 0 Å². The van der Waals surface area contributed by atoms with E-state index in [1.54, 1.807) is 0 Å². The SMILES string of the molecule is C1=CCCC(c2nc(-c3cccc(-c4ccccc4)c3)nc(-c3cc4c(c(C5=CC=CCC5)c3)C3=CC=CCC3S4)n2)=C1. The van der Waals surface area contributed by atoms with Gasteiger partial charge >= 0.3 is 0 Å². The summed E-state index contributed by atoms with van der Waals surface area (Å²) in [5.41, 5.74) is 11.1. The van der Waals surface area contributed by atoms with E-state index in [1.165, 1.54) is 32.7 Å². The lowest BCUT2D eigenvalue weighted by Crippen LogP contribution is -2.05. The van der Waals surface area contributed by atoms with E-state index < -0.39 is 0 Å². The Balaban J connectivity index is 1.31. The molecule has 1 unspecified atom stereocenters. The van der Waals surface area contributed by atoms with Gasteiger partial charge in [0.25, 0.3) is 0 Å². The fraction of sp³-hybridized carbons (Fsp3) is 0.154. The highest BCUT2D eigenvalue weighted by atomic mass is 32.2. The summed E-state index contributed by atoms with van der Waals surface area (Å²) >= 11 is 1.98. The van der Waals surface area contributed by atoms with Crippen LogP contribution in [0.15, 0.2) is 126 Å². The second-order valence-corrected chi connectivity index (χ2v) is 12.6. The monoisotopic (exact) mass is 573 g/mol. The van der Waals surface area contributed by atoms with Gasteiger partial charge in [0.2, 0.25) is 0 Å². The molecule has 4 heteroatoms. The Hall–Kier alpha value is -4.54. The molecule has 0 amide bonds. The molecule has 1 atom stereocenters. The van der Waals surface area contributed by atoms with Crippen LogP contribution in [0.5, 0.6) is 0 Å². The highest BCUT2D eigenvalue weighted by Gasteiger charge is 2.32. The maximum Gasteiger partial charge on any atom is 0.164 e. The van der Waals surface area contributed by atoms with Crippen molar-refractivity contribution in [2.45, 2.75) is 42.2 Å². The van der Waals surface area contributed by atoms with Gasteiger partial charge in [-0.15, -0.1) is 11.8 Å². The van der Waals surface area contributed by atoms with Gasteiger partial charge in [-0.05, 0) is 89.3 Å². The molecule has 1 aromatic heterocycles. The Morgan fingerprint density at radius 3 is 2.07 bits per heavy atom. The average Bonchev–Trinajstić information content (AvgIpc) is 3.47. The maximum absolute atomic E-state index is 5.17. The summed E-state index contributed by atoms with van der Waals surface area (Å²) in [5, 5.41) is 0.470. The van der Waals surface area contributed by atoms with Crippen LogP contribution in [-0.2, 0) is 0 Å². The Labute approximate surface area is 257 Å². The molecule has 1 aliphatic heterocycles. The standard InChI is InChI=1S/C39H31N3S/c1-4-13-26(14-5-1)29-19-12-20-30(23-29)38-40-37(28-17-8-3-9-18-28)41-39(42-38)31-24-33(27-15-6-2-7-16-27)36-32-21-10-11-22-34(32)43-35(36)25-31/h1-6,8,10-15,17,19-21,23-25,34H,7,9,16,18,22H2. The van der Waals surface area contributed by atoms with Crippen molar-refractivity contribution in [3.63, 3.8) is 0 Å². The molecule has 208 valence electrons. The first-order valence-corrected chi connectivity index (χ1v) is 16.0. The van der Waals surface area contributed by atoms with E-state index in [1.807, 2.05) is 11.8 Å². The molecule has 0 radical (unpaired) electrons. The normalized spacial score (nSPS) is 18.5. The van der Waals surface area contributed by atoms with Crippen molar-refractivity contribution in [1.82, 2.24) is 15.0 Å². The van der Waals surface area contributed by atoms with Crippen LogP contribution < -0.4 is 0 Å². The summed E-state index contributed by atoms with van der Waals surface area (Å²) in [6.07, 6.45) is 25.2. The van der Waals surface area contributed by atoms with Gasteiger partial charge in [-0.1, -0.05) is 103 Å². The molecule has 2 heterocycles. The predicted molar refractivity (Wildman–Crippen MR) is 180 cm³/mol. The first-order valence-electron chi connectivity index (χ1n) is 15.2. The fourth-order valence-corrected chi connectivity index (χ4v) is 7.75. The topological polar surface area (TPSA) is 38.7 Å². The highest BCUT2D eigenvalue weighted by molar-refractivity contribution is 8.00. The summed E-state index contributed by atoms with van der Waals surface area (Å²) in [4.78, 5) is 16.7. The third-order valence-corrected chi connectivity index (χ3v) is 9.86. The molecular formula is C39H31N3S. The molecule has 3 nitrogen and oxygen atoms in total. The first-order chi connectivity index (χ1) is 21.3. The number of rotatable bonds is 5. The molecule has 0 bridgehead atoms. The van der Waals surface area contributed by atoms with Crippen molar-refractivity contribution in [1.29, 1.82) is 0 Å². The molecule has 0 saturated heterocycles. The van der Waals surface area contributed by atoms with Crippen molar-refractivity contribution in [2.24, 2.45) is 0 Å². The lowest BCUT2D eigenvalue weighted by atomic mass is 9.86. The van der Waals surface area contributed by atoms with E-state index in [0.29, 0.717) is 11.1 Å². The van der Waals surface area contributed by atoms with E-state index in [2.05, 4.69) is 121 Å². The number of hydrogen-bond donors (Lipinski definition) is 0. The number of nitrogens with zero attached hydrogens (tertiary/aromatic N) is 3. The quantitative estimate of drug-likeness (QED) is 0.238. The molecule has 0 saturated carbocycles. The number of allylic oxidation sites excluding steroid dienone is 11. The summed E-state index contributed by atoms with van der Waals surface area (Å²) in [5.74, 6) is 2.21. The molecule has 0 fully saturated rings.